The monoisotopic (exact) mass is 295 g/mol. The first-order valence-electron chi connectivity index (χ1n) is 6.51. The van der Waals surface area contributed by atoms with E-state index in [1.165, 1.54) is 31.0 Å². The minimum Gasteiger partial charge on any atom is -0.398 e. The number of carbonyl (C=O) groups is 1. The Morgan fingerprint density at radius 2 is 2.30 bits per heavy atom. The van der Waals surface area contributed by atoms with Gasteiger partial charge in [0.25, 0.3) is 11.6 Å². The van der Waals surface area contributed by atoms with Gasteiger partial charge in [-0.2, -0.15) is 11.8 Å². The highest BCUT2D eigenvalue weighted by atomic mass is 32.2. The van der Waals surface area contributed by atoms with Crippen LogP contribution in [0.15, 0.2) is 18.2 Å². The van der Waals surface area contributed by atoms with Crippen molar-refractivity contribution in [2.24, 2.45) is 0 Å². The lowest BCUT2D eigenvalue weighted by molar-refractivity contribution is -0.384. The fraction of sp³-hybridized carbons (Fsp3) is 0.462. The zero-order chi connectivity index (χ0) is 14.5. The quantitative estimate of drug-likeness (QED) is 0.504. The van der Waals surface area contributed by atoms with Crippen LogP contribution in [0.3, 0.4) is 0 Å². The lowest BCUT2D eigenvalue weighted by Crippen LogP contribution is -2.32. The van der Waals surface area contributed by atoms with E-state index in [-0.39, 0.29) is 22.8 Å². The van der Waals surface area contributed by atoms with E-state index in [1.54, 1.807) is 0 Å². The SMILES string of the molecule is Nc1ccc([N+](=O)[O-])cc1C(=O)NCC1CCCCS1. The van der Waals surface area contributed by atoms with E-state index in [4.69, 9.17) is 5.73 Å². The molecule has 1 aromatic carbocycles. The first kappa shape index (κ1) is 14.6. The fourth-order valence-corrected chi connectivity index (χ4v) is 3.36. The van der Waals surface area contributed by atoms with Crippen LogP contribution in [0.2, 0.25) is 0 Å². The number of amides is 1. The summed E-state index contributed by atoms with van der Waals surface area (Å²) in [6.45, 7) is 0.575. The van der Waals surface area contributed by atoms with Gasteiger partial charge >= 0.3 is 0 Å². The van der Waals surface area contributed by atoms with Crippen LogP contribution < -0.4 is 11.1 Å². The predicted octanol–water partition coefficient (Wildman–Crippen LogP) is 2.19. The highest BCUT2D eigenvalue weighted by Crippen LogP contribution is 2.24. The molecule has 1 fully saturated rings. The van der Waals surface area contributed by atoms with E-state index >= 15 is 0 Å². The zero-order valence-electron chi connectivity index (χ0n) is 11.0. The molecule has 1 aromatic rings. The third-order valence-electron chi connectivity index (χ3n) is 3.26. The number of nitrogens with zero attached hydrogens (tertiary/aromatic N) is 1. The molecule has 3 N–H and O–H groups in total. The van der Waals surface area contributed by atoms with Crippen molar-refractivity contribution >= 4 is 29.0 Å². The number of hydrogen-bond acceptors (Lipinski definition) is 5. The summed E-state index contributed by atoms with van der Waals surface area (Å²) in [6, 6.07) is 3.91. The molecule has 1 atom stereocenters. The van der Waals surface area contributed by atoms with E-state index in [2.05, 4.69) is 5.32 Å². The number of nitrogen functional groups attached to an aromatic ring is 1. The van der Waals surface area contributed by atoms with Crippen molar-refractivity contribution in [2.45, 2.75) is 24.5 Å². The highest BCUT2D eigenvalue weighted by Gasteiger charge is 2.18. The molecule has 20 heavy (non-hydrogen) atoms. The molecule has 1 heterocycles. The van der Waals surface area contributed by atoms with Gasteiger partial charge in [-0.25, -0.2) is 0 Å². The van der Waals surface area contributed by atoms with Crippen molar-refractivity contribution in [3.05, 3.63) is 33.9 Å². The van der Waals surface area contributed by atoms with Crippen molar-refractivity contribution < 1.29 is 9.72 Å². The summed E-state index contributed by atoms with van der Waals surface area (Å²) in [5.74, 6) is 0.775. The van der Waals surface area contributed by atoms with Gasteiger partial charge in [-0.05, 0) is 24.7 Å². The molecule has 1 unspecified atom stereocenters. The van der Waals surface area contributed by atoms with Gasteiger partial charge in [0.15, 0.2) is 0 Å². The molecule has 0 bridgehead atoms. The summed E-state index contributed by atoms with van der Waals surface area (Å²) in [7, 11) is 0. The number of benzene rings is 1. The Kier molecular flexibility index (Phi) is 4.84. The van der Waals surface area contributed by atoms with Crippen LogP contribution in [0.4, 0.5) is 11.4 Å². The number of thioether (sulfide) groups is 1. The van der Waals surface area contributed by atoms with Gasteiger partial charge in [0, 0.05) is 29.6 Å². The maximum atomic E-state index is 12.1. The number of hydrogen-bond donors (Lipinski definition) is 2. The molecule has 0 spiro atoms. The van der Waals surface area contributed by atoms with Crippen molar-refractivity contribution in [3.8, 4) is 0 Å². The normalized spacial score (nSPS) is 18.5. The Labute approximate surface area is 121 Å². The number of nitrogens with one attached hydrogen (secondary N) is 1. The zero-order valence-corrected chi connectivity index (χ0v) is 11.8. The number of nitro benzene ring substituents is 1. The van der Waals surface area contributed by atoms with Gasteiger partial charge in [-0.3, -0.25) is 14.9 Å². The van der Waals surface area contributed by atoms with Gasteiger partial charge in [-0.15, -0.1) is 0 Å². The van der Waals surface area contributed by atoms with Crippen LogP contribution in [0, 0.1) is 10.1 Å². The predicted molar refractivity (Wildman–Crippen MR) is 79.9 cm³/mol. The minimum atomic E-state index is -0.535. The molecule has 108 valence electrons. The molecular weight excluding hydrogens is 278 g/mol. The molecule has 2 rings (SSSR count). The van der Waals surface area contributed by atoms with Crippen LogP contribution in [0.5, 0.6) is 0 Å². The molecule has 1 amide bonds. The summed E-state index contributed by atoms with van der Waals surface area (Å²) < 4.78 is 0. The third-order valence-corrected chi connectivity index (χ3v) is 4.65. The summed E-state index contributed by atoms with van der Waals surface area (Å²) >= 11 is 1.86. The van der Waals surface area contributed by atoms with E-state index < -0.39 is 4.92 Å². The van der Waals surface area contributed by atoms with E-state index in [0.717, 1.165) is 12.2 Å². The number of anilines is 1. The maximum Gasteiger partial charge on any atom is 0.270 e. The first-order chi connectivity index (χ1) is 9.58. The van der Waals surface area contributed by atoms with Crippen LogP contribution >= 0.6 is 11.8 Å². The molecule has 1 aliphatic rings. The topological polar surface area (TPSA) is 98.3 Å². The molecule has 1 aliphatic heterocycles. The smallest absolute Gasteiger partial charge is 0.270 e. The average Bonchev–Trinajstić information content (AvgIpc) is 2.46. The van der Waals surface area contributed by atoms with Gasteiger partial charge in [-0.1, -0.05) is 6.42 Å². The van der Waals surface area contributed by atoms with Crippen molar-refractivity contribution in [1.29, 1.82) is 0 Å². The molecule has 0 aliphatic carbocycles. The number of nitrogens with two attached hydrogens (primary N) is 1. The van der Waals surface area contributed by atoms with Gasteiger partial charge in [0.05, 0.1) is 10.5 Å². The largest absolute Gasteiger partial charge is 0.398 e. The second kappa shape index (κ2) is 6.60. The molecule has 6 nitrogen and oxygen atoms in total. The minimum absolute atomic E-state index is 0.128. The van der Waals surface area contributed by atoms with Crippen molar-refractivity contribution in [1.82, 2.24) is 5.32 Å². The van der Waals surface area contributed by atoms with Gasteiger partial charge < -0.3 is 11.1 Å². The summed E-state index contributed by atoms with van der Waals surface area (Å²) in [5.41, 5.74) is 6.00. The first-order valence-corrected chi connectivity index (χ1v) is 7.56. The Morgan fingerprint density at radius 3 is 2.95 bits per heavy atom. The molecule has 0 aromatic heterocycles. The fourth-order valence-electron chi connectivity index (χ4n) is 2.12. The van der Waals surface area contributed by atoms with E-state index in [1.807, 2.05) is 11.8 Å². The summed E-state index contributed by atoms with van der Waals surface area (Å²) in [4.78, 5) is 22.2. The summed E-state index contributed by atoms with van der Waals surface area (Å²) in [5, 5.41) is 14.0. The van der Waals surface area contributed by atoms with Crippen LogP contribution in [0.25, 0.3) is 0 Å². The molecule has 0 saturated carbocycles. The van der Waals surface area contributed by atoms with Crippen LogP contribution in [-0.2, 0) is 0 Å². The number of rotatable bonds is 4. The van der Waals surface area contributed by atoms with Gasteiger partial charge in [0.2, 0.25) is 0 Å². The van der Waals surface area contributed by atoms with E-state index in [0.29, 0.717) is 11.8 Å². The van der Waals surface area contributed by atoms with E-state index in [9.17, 15) is 14.9 Å². The Morgan fingerprint density at radius 1 is 1.50 bits per heavy atom. The molecule has 0 radical (unpaired) electrons. The van der Waals surface area contributed by atoms with Gasteiger partial charge in [0.1, 0.15) is 0 Å². The third kappa shape index (κ3) is 3.63. The standard InChI is InChI=1S/C13H17N3O3S/c14-12-5-4-9(16(18)19)7-11(12)13(17)15-8-10-3-1-2-6-20-10/h4-5,7,10H,1-3,6,8,14H2,(H,15,17). The Balaban J connectivity index is 2.00. The number of carbonyl (C=O) groups excluding carboxylic acids is 1. The second-order valence-corrected chi connectivity index (χ2v) is 6.14. The second-order valence-electron chi connectivity index (χ2n) is 4.73. The Hall–Kier alpha value is -1.76. The van der Waals surface area contributed by atoms with Crippen LogP contribution in [0.1, 0.15) is 29.6 Å². The van der Waals surface area contributed by atoms with Crippen molar-refractivity contribution in [3.63, 3.8) is 0 Å². The summed E-state index contributed by atoms with van der Waals surface area (Å²) in [6.07, 6.45) is 3.51. The lowest BCUT2D eigenvalue weighted by Gasteiger charge is -2.21. The Bertz CT molecular complexity index is 516. The average molecular weight is 295 g/mol. The van der Waals surface area contributed by atoms with Crippen LogP contribution in [-0.4, -0.2) is 28.4 Å². The lowest BCUT2D eigenvalue weighted by atomic mass is 10.1. The molecule has 1 saturated heterocycles. The van der Waals surface area contributed by atoms with Crippen molar-refractivity contribution in [2.75, 3.05) is 18.0 Å². The maximum absolute atomic E-state index is 12.1. The highest BCUT2D eigenvalue weighted by molar-refractivity contribution is 7.99. The molecular formula is C13H17N3O3S. The number of nitro groups is 1. The number of non-ortho nitro benzene ring substituents is 1. The molecule has 7 heteroatoms.